The summed E-state index contributed by atoms with van der Waals surface area (Å²) in [5.41, 5.74) is 2.78. The van der Waals surface area contributed by atoms with Gasteiger partial charge in [-0.05, 0) is 126 Å². The van der Waals surface area contributed by atoms with Gasteiger partial charge in [-0.3, -0.25) is 43.2 Å². The standard InChI is InChI=1S/C21H21NO5.C14H16ClNO2.C14H17NO3.C8H6O3.C7H6O3.C6H13NO.CH3ClO2S/c23-12-15-6-1-2-8-17(15)21(26)22-11-4-3-7-16(22)14-27-20-10-5-9-19(25)18(20)13-24;15-9-12-6-3-4-8-16(12)14(18)13-7-2-1-5-11(13)10-17;16-9-11-5-1-2-7-13(11)14(18)15-8-4-3-6-12(15)10-17;9-5-6-3-1-2-4-7(6)8(10)11;8-4-5-6(9)2-1-3-7(5)10;8-5-6-3-1-2-4-7-6;1-5(2,3)4/h1-2,5-6,8-10,12-13,16,25H,3-4,7,11,14H2;1-2,5,7,10,12H,3-4,6,8-9H2;1-2,5,7,9,12,17H,3-4,6,8,10H2;1-5H,(H,10,11);1-4,9-10H;6-8H,1-5H2;1H3/t16-;2*12-;;;6-;/m000..0./s1. The van der Waals surface area contributed by atoms with E-state index < -0.39 is 15.0 Å². The van der Waals surface area contributed by atoms with Crippen molar-refractivity contribution in [3.05, 3.63) is 189 Å². The molecule has 4 aliphatic heterocycles. The zero-order valence-corrected chi connectivity index (χ0v) is 55.9. The van der Waals surface area contributed by atoms with Gasteiger partial charge in [-0.2, -0.15) is 0 Å². The van der Waals surface area contributed by atoms with Crippen LogP contribution in [0.2, 0.25) is 0 Å². The number of aldehydes is 6. The number of aliphatic hydroxyl groups excluding tert-OH is 2. The molecule has 23 nitrogen and oxygen atoms in total. The molecule has 6 aromatic rings. The number of alkyl halides is 1. The smallest absolute Gasteiger partial charge is 0.336 e. The number of ether oxygens (including phenoxy) is 1. The van der Waals surface area contributed by atoms with E-state index in [1.165, 1.54) is 49.2 Å². The quantitative estimate of drug-likeness (QED) is 0.0269. The number of halogens is 2. The summed E-state index contributed by atoms with van der Waals surface area (Å²) >= 11 is 5.92. The molecule has 0 unspecified atom stereocenters. The van der Waals surface area contributed by atoms with Crippen LogP contribution in [0.1, 0.15) is 181 Å². The number of nitrogens with one attached hydrogen (secondary N) is 1. The van der Waals surface area contributed by atoms with E-state index in [2.05, 4.69) is 16.0 Å². The van der Waals surface area contributed by atoms with Crippen molar-refractivity contribution >= 4 is 92.7 Å². The van der Waals surface area contributed by atoms with Crippen LogP contribution >= 0.6 is 22.3 Å². The van der Waals surface area contributed by atoms with Crippen molar-refractivity contribution in [1.82, 2.24) is 20.0 Å². The number of nitrogens with zero attached hydrogens (tertiary/aromatic N) is 3. The molecule has 3 amide bonds. The molecule has 520 valence electrons. The van der Waals surface area contributed by atoms with Crippen LogP contribution in [0.3, 0.4) is 0 Å². The lowest BCUT2D eigenvalue weighted by Gasteiger charge is -2.36. The molecule has 6 aromatic carbocycles. The molecule has 4 heterocycles. The summed E-state index contributed by atoms with van der Waals surface area (Å²) in [5.74, 6) is -1.31. The highest BCUT2D eigenvalue weighted by Gasteiger charge is 2.31. The number of hydrogen-bond acceptors (Lipinski definition) is 19. The van der Waals surface area contributed by atoms with Crippen LogP contribution in [-0.2, 0) is 9.05 Å². The predicted molar refractivity (Wildman–Crippen MR) is 366 cm³/mol. The molecule has 26 heteroatoms. The first-order chi connectivity index (χ1) is 46.6. The molecule has 7 N–H and O–H groups in total. The van der Waals surface area contributed by atoms with Gasteiger partial charge in [0.2, 0.25) is 9.05 Å². The number of carbonyl (C=O) groups is 10. The van der Waals surface area contributed by atoms with Crippen molar-refractivity contribution in [3.63, 3.8) is 0 Å². The van der Waals surface area contributed by atoms with Crippen molar-refractivity contribution < 1.29 is 91.7 Å². The number of rotatable bonds is 16. The normalized spacial score (nSPS) is 17.0. The fourth-order valence-corrected chi connectivity index (χ4v) is 11.0. The number of carboxylic acids is 1. The molecule has 0 saturated carbocycles. The Morgan fingerprint density at radius 3 is 1.20 bits per heavy atom. The van der Waals surface area contributed by atoms with E-state index in [1.807, 2.05) is 0 Å². The van der Waals surface area contributed by atoms with E-state index in [-0.39, 0.29) is 94.3 Å². The van der Waals surface area contributed by atoms with E-state index in [0.29, 0.717) is 96.4 Å². The molecule has 4 aliphatic rings. The summed E-state index contributed by atoms with van der Waals surface area (Å²) in [7, 11) is 1.31. The first kappa shape index (κ1) is 80.3. The highest BCUT2D eigenvalue weighted by molar-refractivity contribution is 8.13. The average molecular weight is 1400 g/mol. The van der Waals surface area contributed by atoms with Crippen LogP contribution in [0.4, 0.5) is 0 Å². The number of hydrogen-bond donors (Lipinski definition) is 7. The van der Waals surface area contributed by atoms with Crippen molar-refractivity contribution in [2.45, 2.75) is 101 Å². The summed E-state index contributed by atoms with van der Waals surface area (Å²) in [4.78, 5) is 118. The molecule has 4 atom stereocenters. The van der Waals surface area contributed by atoms with Crippen LogP contribution in [0, 0.1) is 0 Å². The van der Waals surface area contributed by atoms with Gasteiger partial charge in [0, 0.05) is 70.5 Å². The van der Waals surface area contributed by atoms with Gasteiger partial charge in [0.1, 0.15) is 29.6 Å². The predicted octanol–water partition coefficient (Wildman–Crippen LogP) is 9.72. The van der Waals surface area contributed by atoms with Gasteiger partial charge in [-0.1, -0.05) is 91.3 Å². The Balaban J connectivity index is 0.000000254. The van der Waals surface area contributed by atoms with Gasteiger partial charge >= 0.3 is 5.97 Å². The Kier molecular flexibility index (Phi) is 35.7. The van der Waals surface area contributed by atoms with Crippen molar-refractivity contribution in [1.29, 1.82) is 0 Å². The Labute approximate surface area is 573 Å². The molecule has 10 rings (SSSR count). The fourth-order valence-electron chi connectivity index (χ4n) is 10.7. The van der Waals surface area contributed by atoms with Crippen LogP contribution in [0.15, 0.2) is 133 Å². The third kappa shape index (κ3) is 26.1. The van der Waals surface area contributed by atoms with Gasteiger partial charge in [0.05, 0.1) is 64.9 Å². The van der Waals surface area contributed by atoms with Crippen LogP contribution in [-0.4, -0.2) is 197 Å². The van der Waals surface area contributed by atoms with Gasteiger partial charge in [0.15, 0.2) is 37.7 Å². The molecular formula is C71H82Cl2N4O19S. The Hall–Kier alpha value is -9.17. The van der Waals surface area contributed by atoms with E-state index in [1.54, 1.807) is 112 Å². The minimum atomic E-state index is -3.19. The SMILES string of the molecule is CS(=O)(=O)Cl.O=Cc1c(O)cccc1O.O=Cc1ccccc1C(=O)N1CCCC[C@H]1CCl.O=Cc1ccccc1C(=O)N1CCCC[C@H]1CO.O=Cc1ccccc1C(=O)N1CCCC[C@H]1COc1cccc(O)c1C=O.O=Cc1ccccc1C(=O)O.OC[C@@H]1CCCCN1. The van der Waals surface area contributed by atoms with E-state index in [4.69, 9.17) is 36.8 Å². The second-order valence-corrected chi connectivity index (χ2v) is 25.7. The number of aromatic carboxylic acids is 1. The first-order valence-corrected chi connectivity index (χ1v) is 34.5. The van der Waals surface area contributed by atoms with Crippen molar-refractivity contribution in [3.8, 4) is 23.0 Å². The van der Waals surface area contributed by atoms with Crippen molar-refractivity contribution in [2.75, 3.05) is 58.1 Å². The summed E-state index contributed by atoms with van der Waals surface area (Å²) in [5, 5.41) is 57.3. The highest BCUT2D eigenvalue weighted by Crippen LogP contribution is 2.29. The minimum Gasteiger partial charge on any atom is -0.507 e. The lowest BCUT2D eigenvalue weighted by molar-refractivity contribution is 0.0500. The molecule has 0 aliphatic carbocycles. The number of aromatic hydroxyl groups is 3. The van der Waals surface area contributed by atoms with E-state index in [0.717, 1.165) is 89.8 Å². The van der Waals surface area contributed by atoms with E-state index >= 15 is 0 Å². The maximum atomic E-state index is 13.0. The molecule has 97 heavy (non-hydrogen) atoms. The Bertz CT molecular complexity index is 3570. The van der Waals surface area contributed by atoms with Gasteiger partial charge in [0.25, 0.3) is 17.7 Å². The largest absolute Gasteiger partial charge is 0.507 e. The number of phenols is 3. The molecule has 4 saturated heterocycles. The van der Waals surface area contributed by atoms with Crippen molar-refractivity contribution in [2.24, 2.45) is 0 Å². The van der Waals surface area contributed by atoms with E-state index in [9.17, 15) is 66.6 Å². The lowest BCUT2D eigenvalue weighted by atomic mass is 10.00. The molecule has 0 spiro atoms. The minimum absolute atomic E-state index is 0.0189. The molecule has 0 radical (unpaired) electrons. The zero-order valence-electron chi connectivity index (χ0n) is 53.6. The summed E-state index contributed by atoms with van der Waals surface area (Å²) < 4.78 is 24.6. The Morgan fingerprint density at radius 2 is 0.845 bits per heavy atom. The fraction of sp³-hybridized carbons (Fsp3) is 0.352. The molecule has 0 bridgehead atoms. The summed E-state index contributed by atoms with van der Waals surface area (Å²) in [6.45, 7) is 3.54. The topological polar surface area (TPSA) is 357 Å². The second-order valence-electron chi connectivity index (χ2n) is 22.4. The third-order valence-corrected chi connectivity index (χ3v) is 16.1. The first-order valence-electron chi connectivity index (χ1n) is 31.2. The van der Waals surface area contributed by atoms with Crippen LogP contribution < -0.4 is 10.1 Å². The lowest BCUT2D eigenvalue weighted by Crippen LogP contribution is -2.47. The van der Waals surface area contributed by atoms with Crippen LogP contribution in [0.5, 0.6) is 23.0 Å². The van der Waals surface area contributed by atoms with Gasteiger partial charge in [-0.15, -0.1) is 11.6 Å². The average Bonchev–Trinajstić information content (AvgIpc) is 0.858. The summed E-state index contributed by atoms with van der Waals surface area (Å²) in [6, 6.07) is 35.4. The number of piperidine rings is 4. The van der Waals surface area contributed by atoms with Gasteiger partial charge < -0.3 is 55.4 Å². The number of benzene rings is 6. The van der Waals surface area contributed by atoms with Gasteiger partial charge in [-0.25, -0.2) is 13.2 Å². The molecule has 0 aromatic heterocycles. The zero-order chi connectivity index (χ0) is 71.3. The highest BCUT2D eigenvalue weighted by atomic mass is 35.7. The molecular weight excluding hydrogens is 1320 g/mol. The maximum absolute atomic E-state index is 13.0. The Morgan fingerprint density at radius 1 is 0.485 bits per heavy atom. The van der Waals surface area contributed by atoms with Crippen LogP contribution in [0.25, 0.3) is 0 Å². The molecule has 4 fully saturated rings. The number of likely N-dealkylation sites (tertiary alicyclic amines) is 3. The number of amides is 3. The summed E-state index contributed by atoms with van der Waals surface area (Å²) in [6.07, 6.45) is 16.7. The number of aliphatic hydroxyl groups is 2. The second kappa shape index (κ2) is 43.1. The number of phenolic OH excluding ortho intramolecular Hbond substituents is 3. The monoisotopic (exact) mass is 1400 g/mol. The number of carboxylic acid groups (broad SMARTS) is 1. The number of carbonyl (C=O) groups excluding carboxylic acids is 9. The third-order valence-electron chi connectivity index (χ3n) is 15.7. The maximum Gasteiger partial charge on any atom is 0.336 e.